The number of carbonyl (C=O) groups is 1. The van der Waals surface area contributed by atoms with Gasteiger partial charge in [-0.3, -0.25) is 4.79 Å². The molecule has 3 rings (SSSR count). The van der Waals surface area contributed by atoms with E-state index in [1.165, 1.54) is 16.9 Å². The fraction of sp³-hybridized carbons (Fsp3) is 0.529. The van der Waals surface area contributed by atoms with Crippen LogP contribution in [-0.2, 0) is 4.74 Å². The molecule has 0 aromatic carbocycles. The van der Waals surface area contributed by atoms with E-state index in [4.69, 9.17) is 4.74 Å². The summed E-state index contributed by atoms with van der Waals surface area (Å²) in [5.41, 5.74) is 3.20. The number of amides is 1. The lowest BCUT2D eigenvalue weighted by Gasteiger charge is -2.19. The van der Waals surface area contributed by atoms with E-state index in [-0.39, 0.29) is 18.1 Å². The Hall–Kier alpha value is -1.46. The average molecular weight is 318 g/mol. The molecule has 2 aromatic heterocycles. The van der Waals surface area contributed by atoms with Gasteiger partial charge in [-0.25, -0.2) is 4.98 Å². The molecule has 2 aromatic rings. The highest BCUT2D eigenvalue weighted by Crippen LogP contribution is 2.32. The lowest BCUT2D eigenvalue weighted by atomic mass is 10.1. The molecule has 1 amide bonds. The van der Waals surface area contributed by atoms with E-state index in [2.05, 4.69) is 23.3 Å². The van der Waals surface area contributed by atoms with Gasteiger partial charge in [0.05, 0.1) is 17.0 Å². The Balaban J connectivity index is 1.87. The molecular weight excluding hydrogens is 296 g/mol. The zero-order chi connectivity index (χ0) is 15.9. The Morgan fingerprint density at radius 3 is 2.91 bits per heavy atom. The van der Waals surface area contributed by atoms with Crippen LogP contribution in [-0.4, -0.2) is 29.6 Å². The third-order valence-electron chi connectivity index (χ3n) is 4.31. The zero-order valence-corrected chi connectivity index (χ0v) is 14.3. The molecule has 1 aliphatic rings. The SMILES string of the molecule is Cc1cc(C)c2c(C)c(C(=O)N[C@@H](C)[C@H]3CCCO3)sc2n1. The van der Waals surface area contributed by atoms with Gasteiger partial charge in [-0.1, -0.05) is 0 Å². The van der Waals surface area contributed by atoms with E-state index in [9.17, 15) is 4.79 Å². The summed E-state index contributed by atoms with van der Waals surface area (Å²) in [6, 6.07) is 2.11. The van der Waals surface area contributed by atoms with Crippen LogP contribution < -0.4 is 5.32 Å². The van der Waals surface area contributed by atoms with Crippen LogP contribution in [0.4, 0.5) is 0 Å². The van der Waals surface area contributed by atoms with Crippen molar-refractivity contribution in [2.24, 2.45) is 0 Å². The average Bonchev–Trinajstić information content (AvgIpc) is 3.06. The highest BCUT2D eigenvalue weighted by Gasteiger charge is 2.25. The van der Waals surface area contributed by atoms with Crippen LogP contribution >= 0.6 is 11.3 Å². The van der Waals surface area contributed by atoms with E-state index in [0.717, 1.165) is 45.8 Å². The van der Waals surface area contributed by atoms with Crippen LogP contribution in [0.15, 0.2) is 6.07 Å². The van der Waals surface area contributed by atoms with Crippen LogP contribution in [0.1, 0.15) is 46.3 Å². The molecule has 1 aliphatic heterocycles. The molecule has 1 saturated heterocycles. The van der Waals surface area contributed by atoms with Crippen LogP contribution in [0.3, 0.4) is 0 Å². The lowest BCUT2D eigenvalue weighted by Crippen LogP contribution is -2.40. The molecule has 0 spiro atoms. The Morgan fingerprint density at radius 1 is 1.45 bits per heavy atom. The van der Waals surface area contributed by atoms with Crippen molar-refractivity contribution in [3.8, 4) is 0 Å². The molecule has 22 heavy (non-hydrogen) atoms. The molecule has 0 saturated carbocycles. The molecule has 4 nitrogen and oxygen atoms in total. The summed E-state index contributed by atoms with van der Waals surface area (Å²) >= 11 is 1.48. The van der Waals surface area contributed by atoms with Gasteiger partial charge >= 0.3 is 0 Å². The number of hydrogen-bond donors (Lipinski definition) is 1. The van der Waals surface area contributed by atoms with Gasteiger partial charge in [0.1, 0.15) is 4.83 Å². The Kier molecular flexibility index (Phi) is 4.19. The van der Waals surface area contributed by atoms with Gasteiger partial charge < -0.3 is 10.1 Å². The van der Waals surface area contributed by atoms with Crippen molar-refractivity contribution in [3.63, 3.8) is 0 Å². The highest BCUT2D eigenvalue weighted by molar-refractivity contribution is 7.20. The molecule has 118 valence electrons. The van der Waals surface area contributed by atoms with Gasteiger partial charge in [0, 0.05) is 17.7 Å². The van der Waals surface area contributed by atoms with E-state index >= 15 is 0 Å². The quantitative estimate of drug-likeness (QED) is 0.942. The summed E-state index contributed by atoms with van der Waals surface area (Å²) in [6.07, 6.45) is 2.24. The molecule has 2 atom stereocenters. The summed E-state index contributed by atoms with van der Waals surface area (Å²) in [4.78, 5) is 18.9. The largest absolute Gasteiger partial charge is 0.376 e. The zero-order valence-electron chi connectivity index (χ0n) is 13.5. The predicted molar refractivity (Wildman–Crippen MR) is 89.7 cm³/mol. The maximum atomic E-state index is 12.6. The number of carbonyl (C=O) groups excluding carboxylic acids is 1. The van der Waals surface area contributed by atoms with Crippen molar-refractivity contribution in [1.29, 1.82) is 0 Å². The summed E-state index contributed by atoms with van der Waals surface area (Å²) in [5.74, 6) is -0.0134. The van der Waals surface area contributed by atoms with E-state index in [1.54, 1.807) is 0 Å². The number of ether oxygens (including phenoxy) is 1. The van der Waals surface area contributed by atoms with Gasteiger partial charge in [0.15, 0.2) is 0 Å². The number of rotatable bonds is 3. The fourth-order valence-corrected chi connectivity index (χ4v) is 4.40. The summed E-state index contributed by atoms with van der Waals surface area (Å²) in [5, 5.41) is 4.21. The second-order valence-corrected chi connectivity index (χ2v) is 7.13. The molecule has 0 aliphatic carbocycles. The minimum Gasteiger partial charge on any atom is -0.376 e. The van der Waals surface area contributed by atoms with Crippen molar-refractivity contribution in [3.05, 3.63) is 27.8 Å². The van der Waals surface area contributed by atoms with Crippen molar-refractivity contribution in [2.75, 3.05) is 6.61 Å². The second kappa shape index (κ2) is 5.97. The first-order valence-electron chi connectivity index (χ1n) is 7.77. The fourth-order valence-electron chi connectivity index (χ4n) is 3.20. The molecule has 5 heteroatoms. The summed E-state index contributed by atoms with van der Waals surface area (Å²) < 4.78 is 5.65. The first-order chi connectivity index (χ1) is 10.5. The Morgan fingerprint density at radius 2 is 2.23 bits per heavy atom. The van der Waals surface area contributed by atoms with Crippen molar-refractivity contribution in [1.82, 2.24) is 10.3 Å². The van der Waals surface area contributed by atoms with Crippen molar-refractivity contribution < 1.29 is 9.53 Å². The van der Waals surface area contributed by atoms with Gasteiger partial charge in [-0.15, -0.1) is 11.3 Å². The van der Waals surface area contributed by atoms with Crippen LogP contribution in [0.5, 0.6) is 0 Å². The van der Waals surface area contributed by atoms with E-state index < -0.39 is 0 Å². The minimum atomic E-state index is -0.0134. The predicted octanol–water partition coefficient (Wildman–Crippen LogP) is 3.52. The van der Waals surface area contributed by atoms with Crippen molar-refractivity contribution >= 4 is 27.5 Å². The van der Waals surface area contributed by atoms with E-state index in [0.29, 0.717) is 0 Å². The number of aromatic nitrogens is 1. The third kappa shape index (κ3) is 2.75. The first-order valence-corrected chi connectivity index (χ1v) is 8.59. The van der Waals surface area contributed by atoms with Crippen LogP contribution in [0.25, 0.3) is 10.2 Å². The molecular formula is C17H22N2O2S. The number of nitrogens with zero attached hydrogens (tertiary/aromatic N) is 1. The Bertz CT molecular complexity index is 717. The molecule has 3 heterocycles. The lowest BCUT2D eigenvalue weighted by molar-refractivity contribution is 0.0714. The topological polar surface area (TPSA) is 51.2 Å². The number of hydrogen-bond acceptors (Lipinski definition) is 4. The maximum Gasteiger partial charge on any atom is 0.262 e. The van der Waals surface area contributed by atoms with Crippen molar-refractivity contribution in [2.45, 2.75) is 52.7 Å². The molecule has 0 radical (unpaired) electrons. The van der Waals surface area contributed by atoms with Gasteiger partial charge in [0.2, 0.25) is 0 Å². The molecule has 0 bridgehead atoms. The monoisotopic (exact) mass is 318 g/mol. The van der Waals surface area contributed by atoms with Gasteiger partial charge in [0.25, 0.3) is 5.91 Å². The summed E-state index contributed by atoms with van der Waals surface area (Å²) in [7, 11) is 0. The molecule has 1 fully saturated rings. The van der Waals surface area contributed by atoms with Gasteiger partial charge in [-0.2, -0.15) is 0 Å². The number of aryl methyl sites for hydroxylation is 3. The summed E-state index contributed by atoms with van der Waals surface area (Å²) in [6.45, 7) is 8.89. The number of nitrogens with one attached hydrogen (secondary N) is 1. The number of thiophene rings is 1. The van der Waals surface area contributed by atoms with Crippen LogP contribution in [0.2, 0.25) is 0 Å². The Labute approximate surface area is 134 Å². The standard InChI is InChI=1S/C17H22N2O2S/c1-9-8-10(2)18-17-14(9)11(3)15(22-17)16(20)19-12(4)13-6-5-7-21-13/h8,12-13H,5-7H2,1-4H3,(H,19,20)/t12-,13+/m0/s1. The second-order valence-electron chi connectivity index (χ2n) is 6.13. The first kappa shape index (κ1) is 15.4. The maximum absolute atomic E-state index is 12.6. The minimum absolute atomic E-state index is 0.0134. The van der Waals surface area contributed by atoms with E-state index in [1.807, 2.05) is 20.8 Å². The third-order valence-corrected chi connectivity index (χ3v) is 5.50. The van der Waals surface area contributed by atoms with Crippen LogP contribution in [0, 0.1) is 20.8 Å². The number of fused-ring (bicyclic) bond motifs is 1. The molecule has 1 N–H and O–H groups in total. The van der Waals surface area contributed by atoms with Gasteiger partial charge in [-0.05, 0) is 57.7 Å². The molecule has 0 unspecified atom stereocenters. The highest BCUT2D eigenvalue weighted by atomic mass is 32.1. The normalized spacial score (nSPS) is 19.5. The number of pyridine rings is 1. The smallest absolute Gasteiger partial charge is 0.262 e.